The van der Waals surface area contributed by atoms with Crippen LogP contribution >= 0.6 is 0 Å². The summed E-state index contributed by atoms with van der Waals surface area (Å²) in [6.07, 6.45) is 1.69. The molecule has 7 heteroatoms. The highest BCUT2D eigenvalue weighted by atomic mass is 16.5. The highest BCUT2D eigenvalue weighted by Gasteiger charge is 2.22. The largest absolute Gasteiger partial charge is 0.497 e. The molecule has 142 valence electrons. The molecule has 1 aromatic carbocycles. The van der Waals surface area contributed by atoms with E-state index in [4.69, 9.17) is 19.4 Å². The Kier molecular flexibility index (Phi) is 6.58. The zero-order valence-corrected chi connectivity index (χ0v) is 15.9. The van der Waals surface area contributed by atoms with Crippen molar-refractivity contribution in [2.75, 3.05) is 51.9 Å². The maximum absolute atomic E-state index is 9.87. The van der Waals surface area contributed by atoms with Gasteiger partial charge >= 0.3 is 0 Å². The van der Waals surface area contributed by atoms with E-state index >= 15 is 0 Å². The van der Waals surface area contributed by atoms with E-state index in [1.807, 2.05) is 31.3 Å². The van der Waals surface area contributed by atoms with Crippen molar-refractivity contribution in [3.05, 3.63) is 35.7 Å². The van der Waals surface area contributed by atoms with Gasteiger partial charge in [-0.2, -0.15) is 5.26 Å². The lowest BCUT2D eigenvalue weighted by atomic mass is 10.1. The Labute approximate surface area is 160 Å². The second kappa shape index (κ2) is 9.31. The molecule has 1 fully saturated rings. The third-order valence-electron chi connectivity index (χ3n) is 4.55. The van der Waals surface area contributed by atoms with E-state index < -0.39 is 0 Å². The summed E-state index contributed by atoms with van der Waals surface area (Å²) in [5.41, 5.74) is 2.08. The van der Waals surface area contributed by atoms with E-state index in [1.54, 1.807) is 7.11 Å². The number of rotatable bonds is 7. The van der Waals surface area contributed by atoms with Gasteiger partial charge in [-0.25, -0.2) is 9.97 Å². The summed E-state index contributed by atoms with van der Waals surface area (Å²) in [5.74, 6) is 2.24. The summed E-state index contributed by atoms with van der Waals surface area (Å²) in [5, 5.41) is 13.0. The van der Waals surface area contributed by atoms with E-state index in [-0.39, 0.29) is 0 Å². The maximum atomic E-state index is 9.87. The summed E-state index contributed by atoms with van der Waals surface area (Å²) < 4.78 is 10.7. The van der Waals surface area contributed by atoms with Crippen molar-refractivity contribution in [2.45, 2.75) is 12.8 Å². The molecule has 1 aliphatic heterocycles. The van der Waals surface area contributed by atoms with Gasteiger partial charge in [-0.05, 0) is 44.3 Å². The molecule has 1 N–H and O–H groups in total. The zero-order valence-electron chi connectivity index (χ0n) is 15.9. The smallest absolute Gasteiger partial charge is 0.151 e. The summed E-state index contributed by atoms with van der Waals surface area (Å²) in [7, 11) is 3.57. The topological polar surface area (TPSA) is 83.3 Å². The van der Waals surface area contributed by atoms with Gasteiger partial charge in [-0.3, -0.25) is 0 Å². The lowest BCUT2D eigenvalue weighted by molar-refractivity contribution is 0.122. The van der Waals surface area contributed by atoms with Gasteiger partial charge < -0.3 is 19.7 Å². The molecule has 0 atom stereocenters. The van der Waals surface area contributed by atoms with Crippen LogP contribution in [0.3, 0.4) is 0 Å². The number of ether oxygens (including phenoxy) is 2. The Morgan fingerprint density at radius 3 is 2.59 bits per heavy atom. The normalized spacial score (nSPS) is 14.0. The van der Waals surface area contributed by atoms with Crippen molar-refractivity contribution in [3.8, 4) is 23.1 Å². The van der Waals surface area contributed by atoms with Crippen LogP contribution in [0.15, 0.2) is 24.3 Å². The first-order chi connectivity index (χ1) is 13.3. The number of aromatic nitrogens is 2. The number of hydrogen-bond acceptors (Lipinski definition) is 7. The number of aryl methyl sites for hydroxylation is 1. The van der Waals surface area contributed by atoms with Gasteiger partial charge in [0.15, 0.2) is 5.82 Å². The van der Waals surface area contributed by atoms with E-state index in [2.05, 4.69) is 16.3 Å². The minimum Gasteiger partial charge on any atom is -0.497 e. The van der Waals surface area contributed by atoms with Gasteiger partial charge in [-0.15, -0.1) is 0 Å². The molecule has 7 nitrogen and oxygen atoms in total. The molecule has 3 rings (SSSR count). The van der Waals surface area contributed by atoms with Gasteiger partial charge in [0.1, 0.15) is 23.2 Å². The van der Waals surface area contributed by atoms with Crippen LogP contribution in [0.5, 0.6) is 5.75 Å². The summed E-state index contributed by atoms with van der Waals surface area (Å²) in [6, 6.07) is 9.96. The Bertz CT molecular complexity index is 795. The number of nitrogens with zero attached hydrogens (tertiary/aromatic N) is 4. The van der Waals surface area contributed by atoms with E-state index in [0.29, 0.717) is 30.3 Å². The Morgan fingerprint density at radius 1 is 1.22 bits per heavy atom. The molecule has 1 saturated heterocycles. The van der Waals surface area contributed by atoms with E-state index in [1.165, 1.54) is 0 Å². The lowest BCUT2D eigenvalue weighted by Crippen LogP contribution is -2.37. The molecule has 0 spiro atoms. The van der Waals surface area contributed by atoms with Crippen molar-refractivity contribution in [2.24, 2.45) is 0 Å². The molecular formula is C20H25N5O2. The third-order valence-corrected chi connectivity index (χ3v) is 4.55. The maximum Gasteiger partial charge on any atom is 0.151 e. The predicted molar refractivity (Wildman–Crippen MR) is 104 cm³/mol. The van der Waals surface area contributed by atoms with Gasteiger partial charge in [0.2, 0.25) is 0 Å². The number of benzene rings is 1. The number of morpholine rings is 1. The highest BCUT2D eigenvalue weighted by Crippen LogP contribution is 2.30. The van der Waals surface area contributed by atoms with Crippen LogP contribution in [-0.4, -0.2) is 57.0 Å². The minimum absolute atomic E-state index is 0.513. The molecule has 1 aliphatic rings. The van der Waals surface area contributed by atoms with Crippen LogP contribution in [0.2, 0.25) is 0 Å². The number of nitrogens with one attached hydrogen (secondary N) is 1. The van der Waals surface area contributed by atoms with Gasteiger partial charge in [0, 0.05) is 25.1 Å². The zero-order chi connectivity index (χ0) is 19.1. The van der Waals surface area contributed by atoms with Crippen LogP contribution in [0.25, 0.3) is 11.3 Å². The Morgan fingerprint density at radius 2 is 1.96 bits per heavy atom. The molecule has 1 aromatic heterocycles. The monoisotopic (exact) mass is 367 g/mol. The fourth-order valence-electron chi connectivity index (χ4n) is 3.09. The molecular weight excluding hydrogens is 342 g/mol. The predicted octanol–water partition coefficient (Wildman–Crippen LogP) is 2.01. The van der Waals surface area contributed by atoms with E-state index in [0.717, 1.165) is 49.6 Å². The van der Waals surface area contributed by atoms with Crippen molar-refractivity contribution in [1.29, 1.82) is 5.26 Å². The van der Waals surface area contributed by atoms with Gasteiger partial charge in [0.05, 0.1) is 26.0 Å². The second-order valence-corrected chi connectivity index (χ2v) is 6.33. The Balaban J connectivity index is 2.05. The minimum atomic E-state index is 0.513. The van der Waals surface area contributed by atoms with Gasteiger partial charge in [-0.1, -0.05) is 0 Å². The molecule has 0 amide bonds. The fraction of sp³-hybridized carbons (Fsp3) is 0.450. The number of methoxy groups -OCH3 is 1. The lowest BCUT2D eigenvalue weighted by Gasteiger charge is -2.29. The first-order valence-corrected chi connectivity index (χ1v) is 9.19. The second-order valence-electron chi connectivity index (χ2n) is 6.33. The fourth-order valence-corrected chi connectivity index (χ4v) is 3.09. The summed E-state index contributed by atoms with van der Waals surface area (Å²) in [6.45, 7) is 3.63. The molecule has 0 unspecified atom stereocenters. The summed E-state index contributed by atoms with van der Waals surface area (Å²) >= 11 is 0. The number of hydrogen-bond donors (Lipinski definition) is 1. The van der Waals surface area contributed by atoms with Crippen molar-refractivity contribution >= 4 is 5.82 Å². The highest BCUT2D eigenvalue weighted by molar-refractivity contribution is 5.73. The van der Waals surface area contributed by atoms with Crippen molar-refractivity contribution < 1.29 is 9.47 Å². The quantitative estimate of drug-likeness (QED) is 0.750. The van der Waals surface area contributed by atoms with Crippen LogP contribution in [0.1, 0.15) is 17.8 Å². The third kappa shape index (κ3) is 4.54. The van der Waals surface area contributed by atoms with Crippen molar-refractivity contribution in [1.82, 2.24) is 15.3 Å². The average Bonchev–Trinajstić information content (AvgIpc) is 2.74. The van der Waals surface area contributed by atoms with Crippen molar-refractivity contribution in [3.63, 3.8) is 0 Å². The summed E-state index contributed by atoms with van der Waals surface area (Å²) in [4.78, 5) is 11.6. The van der Waals surface area contributed by atoms with Crippen LogP contribution < -0.4 is 15.0 Å². The molecule has 27 heavy (non-hydrogen) atoms. The van der Waals surface area contributed by atoms with Crippen LogP contribution in [-0.2, 0) is 11.2 Å². The molecule has 0 saturated carbocycles. The molecule has 0 bridgehead atoms. The standard InChI is InChI=1S/C20H25N5O2/c1-22-9-3-4-18-23-19(15-5-7-16(26-2)8-6-15)17(14-21)20(24-18)25-10-12-27-13-11-25/h5-8,22H,3-4,9-13H2,1-2H3. The molecule has 2 aromatic rings. The Hall–Kier alpha value is -2.69. The van der Waals surface area contributed by atoms with E-state index in [9.17, 15) is 5.26 Å². The average molecular weight is 367 g/mol. The molecule has 0 radical (unpaired) electrons. The first kappa shape index (κ1) is 19.1. The van der Waals surface area contributed by atoms with Crippen LogP contribution in [0, 0.1) is 11.3 Å². The van der Waals surface area contributed by atoms with Crippen LogP contribution in [0.4, 0.5) is 5.82 Å². The number of nitriles is 1. The first-order valence-electron chi connectivity index (χ1n) is 9.19. The molecule has 2 heterocycles. The molecule has 0 aliphatic carbocycles. The van der Waals surface area contributed by atoms with Gasteiger partial charge in [0.25, 0.3) is 0 Å². The number of anilines is 1. The SMILES string of the molecule is CNCCCc1nc(-c2ccc(OC)cc2)c(C#N)c(N2CCOCC2)n1.